The van der Waals surface area contributed by atoms with Crippen LogP contribution in [0.1, 0.15) is 49.9 Å². The van der Waals surface area contributed by atoms with E-state index in [-0.39, 0.29) is 10.8 Å². The van der Waals surface area contributed by atoms with Gasteiger partial charge in [-0.2, -0.15) is 0 Å². The largest absolute Gasteiger partial charge is 0.243 e. The lowest BCUT2D eigenvalue weighted by atomic mass is 9.81. The summed E-state index contributed by atoms with van der Waals surface area (Å²) in [5.41, 5.74) is 18.4. The highest BCUT2D eigenvalue weighted by Gasteiger charge is 2.37. The molecule has 10 aromatic rings. The molecule has 0 bridgehead atoms. The lowest BCUT2D eigenvalue weighted by molar-refractivity contribution is 0.315. The van der Waals surface area contributed by atoms with E-state index in [1.54, 1.807) is 0 Å². The Morgan fingerprint density at radius 3 is 1.20 bits per heavy atom. The van der Waals surface area contributed by atoms with Gasteiger partial charge in [0.1, 0.15) is 22.1 Å². The van der Waals surface area contributed by atoms with Crippen LogP contribution in [-0.2, 0) is 10.8 Å². The zero-order valence-corrected chi connectivity index (χ0v) is 30.9. The van der Waals surface area contributed by atoms with E-state index in [9.17, 15) is 0 Å². The van der Waals surface area contributed by atoms with Gasteiger partial charge in [0, 0.05) is 32.7 Å². The fraction of sp³-hybridized carbons (Fsp3) is 0.120. The van der Waals surface area contributed by atoms with Crippen LogP contribution >= 0.6 is 0 Å². The van der Waals surface area contributed by atoms with E-state index in [0.29, 0.717) is 11.0 Å². The van der Waals surface area contributed by atoms with Gasteiger partial charge in [0.25, 0.3) is 0 Å². The molecule has 260 valence electrons. The van der Waals surface area contributed by atoms with Gasteiger partial charge in [-0.25, -0.2) is 14.6 Å². The second kappa shape index (κ2) is 10.5. The van der Waals surface area contributed by atoms with Crippen molar-refractivity contribution in [1.82, 2.24) is 20.3 Å². The molecular formula is C50H34N4O. The Labute approximate surface area is 317 Å². The maximum atomic E-state index is 5.71. The summed E-state index contributed by atoms with van der Waals surface area (Å²) in [6, 6.07) is 48.2. The Hall–Kier alpha value is -6.72. The summed E-state index contributed by atoms with van der Waals surface area (Å²) in [7, 11) is 0. The predicted octanol–water partition coefficient (Wildman–Crippen LogP) is 12.6. The minimum absolute atomic E-state index is 0.179. The average Bonchev–Trinajstić information content (AvgIpc) is 3.86. The average molecular weight is 707 g/mol. The lowest BCUT2D eigenvalue weighted by Gasteiger charge is -2.23. The second-order valence-corrected chi connectivity index (χ2v) is 16.3. The molecule has 0 amide bonds. The third-order valence-electron chi connectivity index (χ3n) is 12.7. The van der Waals surface area contributed by atoms with Gasteiger partial charge in [-0.3, -0.25) is 0 Å². The highest BCUT2D eigenvalue weighted by molar-refractivity contribution is 6.26. The van der Waals surface area contributed by atoms with Crippen molar-refractivity contribution in [2.45, 2.75) is 38.5 Å². The van der Waals surface area contributed by atoms with Crippen LogP contribution in [0.2, 0.25) is 0 Å². The first kappa shape index (κ1) is 30.7. The van der Waals surface area contributed by atoms with Crippen LogP contribution in [0.15, 0.2) is 138 Å². The molecule has 2 aromatic heterocycles. The molecule has 0 aliphatic heterocycles. The molecule has 0 spiro atoms. The number of aromatic nitrogens is 4. The van der Waals surface area contributed by atoms with Crippen molar-refractivity contribution < 1.29 is 4.63 Å². The Balaban J connectivity index is 1.22. The third-order valence-corrected chi connectivity index (χ3v) is 12.7. The zero-order valence-electron chi connectivity index (χ0n) is 30.9. The Morgan fingerprint density at radius 2 is 0.745 bits per heavy atom. The molecule has 2 aliphatic rings. The molecule has 0 N–H and O–H groups in total. The minimum atomic E-state index is -0.179. The number of fused-ring (bicyclic) bond motifs is 14. The first-order valence-corrected chi connectivity index (χ1v) is 19.0. The molecule has 5 heteroatoms. The number of nitrogens with zero attached hydrogens (tertiary/aromatic N) is 4. The van der Waals surface area contributed by atoms with Crippen LogP contribution in [0.3, 0.4) is 0 Å². The quantitative estimate of drug-likeness (QED) is 0.132. The number of hydrogen-bond donors (Lipinski definition) is 0. The van der Waals surface area contributed by atoms with Crippen molar-refractivity contribution in [1.29, 1.82) is 0 Å². The van der Waals surface area contributed by atoms with Gasteiger partial charge in [-0.15, -0.1) is 0 Å². The van der Waals surface area contributed by atoms with Crippen LogP contribution in [0.4, 0.5) is 0 Å². The molecule has 55 heavy (non-hydrogen) atoms. The van der Waals surface area contributed by atoms with Gasteiger partial charge in [0.2, 0.25) is 0 Å². The van der Waals surface area contributed by atoms with E-state index >= 15 is 0 Å². The van der Waals surface area contributed by atoms with Crippen molar-refractivity contribution in [3.8, 4) is 44.5 Å². The van der Waals surface area contributed by atoms with E-state index in [1.807, 2.05) is 0 Å². The molecule has 0 saturated carbocycles. The summed E-state index contributed by atoms with van der Waals surface area (Å²) < 4.78 is 5.71. The first-order chi connectivity index (χ1) is 26.8. The van der Waals surface area contributed by atoms with Crippen LogP contribution in [-0.4, -0.2) is 20.3 Å². The third kappa shape index (κ3) is 3.92. The molecular weight excluding hydrogens is 673 g/mol. The summed E-state index contributed by atoms with van der Waals surface area (Å²) in [6.45, 7) is 9.25. The molecule has 0 unspecified atom stereocenters. The van der Waals surface area contributed by atoms with E-state index in [2.05, 4.69) is 171 Å². The summed E-state index contributed by atoms with van der Waals surface area (Å²) >= 11 is 0. The van der Waals surface area contributed by atoms with Crippen molar-refractivity contribution >= 4 is 54.6 Å². The summed E-state index contributed by atoms with van der Waals surface area (Å²) in [5, 5.41) is 13.8. The molecule has 8 aromatic carbocycles. The Kier molecular flexibility index (Phi) is 5.85. The molecule has 0 radical (unpaired) electrons. The second-order valence-electron chi connectivity index (χ2n) is 16.3. The highest BCUT2D eigenvalue weighted by Crippen LogP contribution is 2.53. The normalized spacial score (nSPS) is 14.8. The standard InChI is InChI=1S/C50H34N4O/c1-49(2)37-19-11-9-15-31(37)33-23-21-27(25-39(33)49)41-45-46(52-44-36-18-8-6-14-30(36)29-13-5-7-17-35(29)43(44)51-45)42(48-47(41)53-55-54-48)28-22-24-34-32-16-10-12-20-38(32)50(3,4)40(34)26-28/h5-26H,1-4H3. The van der Waals surface area contributed by atoms with Crippen molar-refractivity contribution in [3.63, 3.8) is 0 Å². The van der Waals surface area contributed by atoms with Gasteiger partial charge >= 0.3 is 0 Å². The maximum Gasteiger partial charge on any atom is 0.146 e. The molecule has 0 atom stereocenters. The smallest absolute Gasteiger partial charge is 0.146 e. The van der Waals surface area contributed by atoms with Crippen LogP contribution < -0.4 is 0 Å². The van der Waals surface area contributed by atoms with Crippen LogP contribution in [0.25, 0.3) is 99.2 Å². The van der Waals surface area contributed by atoms with E-state index in [4.69, 9.17) is 14.6 Å². The van der Waals surface area contributed by atoms with Crippen molar-refractivity contribution in [2.75, 3.05) is 0 Å². The highest BCUT2D eigenvalue weighted by atomic mass is 16.6. The molecule has 0 fully saturated rings. The number of benzene rings is 8. The predicted molar refractivity (Wildman–Crippen MR) is 223 cm³/mol. The first-order valence-electron chi connectivity index (χ1n) is 19.0. The Bertz CT molecular complexity index is 3110. The van der Waals surface area contributed by atoms with Gasteiger partial charge in [-0.1, -0.05) is 149 Å². The fourth-order valence-electron chi connectivity index (χ4n) is 10.0. The van der Waals surface area contributed by atoms with Gasteiger partial charge in [0.05, 0.1) is 11.0 Å². The van der Waals surface area contributed by atoms with Crippen molar-refractivity contribution in [2.24, 2.45) is 0 Å². The van der Waals surface area contributed by atoms with Crippen LogP contribution in [0.5, 0.6) is 0 Å². The monoisotopic (exact) mass is 706 g/mol. The molecule has 0 saturated heterocycles. The van der Waals surface area contributed by atoms with E-state index in [1.165, 1.54) is 44.5 Å². The van der Waals surface area contributed by atoms with E-state index in [0.717, 1.165) is 65.9 Å². The summed E-state index contributed by atoms with van der Waals surface area (Å²) in [6.07, 6.45) is 0. The van der Waals surface area contributed by atoms with Crippen LogP contribution in [0, 0.1) is 0 Å². The number of hydrogen-bond acceptors (Lipinski definition) is 5. The van der Waals surface area contributed by atoms with Crippen molar-refractivity contribution in [3.05, 3.63) is 156 Å². The maximum absolute atomic E-state index is 5.71. The Morgan fingerprint density at radius 1 is 0.364 bits per heavy atom. The van der Waals surface area contributed by atoms with Gasteiger partial charge < -0.3 is 0 Å². The topological polar surface area (TPSA) is 64.7 Å². The zero-order chi connectivity index (χ0) is 36.8. The summed E-state index contributed by atoms with van der Waals surface area (Å²) in [4.78, 5) is 11.4. The SMILES string of the molecule is CC1(C)c2ccccc2-c2ccc(-c3c4nonc4c(-c4ccc5c(c4)C(C)(C)c4ccccc4-5)c4nc5c6ccccc6c6ccccc6c5nc34)cc21. The van der Waals surface area contributed by atoms with E-state index < -0.39 is 0 Å². The van der Waals surface area contributed by atoms with Gasteiger partial charge in [-0.05, 0) is 88.9 Å². The fourth-order valence-corrected chi connectivity index (χ4v) is 10.0. The molecule has 2 aliphatic carbocycles. The minimum Gasteiger partial charge on any atom is -0.243 e. The molecule has 5 nitrogen and oxygen atoms in total. The number of rotatable bonds is 2. The lowest BCUT2D eigenvalue weighted by Crippen LogP contribution is -2.15. The van der Waals surface area contributed by atoms with Gasteiger partial charge in [0.15, 0.2) is 0 Å². The molecule has 12 rings (SSSR count). The molecule has 2 heterocycles. The summed E-state index contributed by atoms with van der Waals surface area (Å²) in [5.74, 6) is 0.